The summed E-state index contributed by atoms with van der Waals surface area (Å²) in [7, 11) is 0. The third kappa shape index (κ3) is 6.48. The van der Waals surface area contributed by atoms with Crippen LogP contribution >= 0.6 is 15.9 Å². The lowest BCUT2D eigenvalue weighted by Gasteiger charge is -2.18. The molecule has 0 spiro atoms. The predicted molar refractivity (Wildman–Crippen MR) is 114 cm³/mol. The fourth-order valence-corrected chi connectivity index (χ4v) is 3.18. The van der Waals surface area contributed by atoms with E-state index in [-0.39, 0.29) is 11.5 Å². The number of amides is 1. The zero-order chi connectivity index (χ0) is 19.6. The highest BCUT2D eigenvalue weighted by Gasteiger charge is 2.13. The standard InChI is InChI=1S/C21H26BrN3O2/c1-3-24(4-2)13-8-12-23-21(27)19(25-14-6-5-11-20(25)26)16-17-9-7-10-18(22)15-17/h5-7,9-11,14-16H,3-4,8,12-13H2,1-2H3,(H,23,27)/b19-16+. The van der Waals surface area contributed by atoms with Crippen LogP contribution in [0.2, 0.25) is 0 Å². The van der Waals surface area contributed by atoms with Crippen molar-refractivity contribution in [3.8, 4) is 0 Å². The van der Waals surface area contributed by atoms with E-state index in [0.717, 1.165) is 36.1 Å². The maximum Gasteiger partial charge on any atom is 0.268 e. The number of pyridine rings is 1. The van der Waals surface area contributed by atoms with Crippen LogP contribution in [-0.2, 0) is 4.79 Å². The van der Waals surface area contributed by atoms with Crippen LogP contribution in [0.25, 0.3) is 11.8 Å². The molecule has 6 heteroatoms. The highest BCUT2D eigenvalue weighted by molar-refractivity contribution is 9.10. The van der Waals surface area contributed by atoms with E-state index in [9.17, 15) is 9.59 Å². The second-order valence-electron chi connectivity index (χ2n) is 6.13. The molecule has 0 aliphatic carbocycles. The average molecular weight is 432 g/mol. The summed E-state index contributed by atoms with van der Waals surface area (Å²) in [5, 5.41) is 2.94. The maximum absolute atomic E-state index is 12.8. The van der Waals surface area contributed by atoms with Gasteiger partial charge in [0.1, 0.15) is 5.70 Å². The minimum Gasteiger partial charge on any atom is -0.351 e. The number of benzene rings is 1. The smallest absolute Gasteiger partial charge is 0.268 e. The van der Waals surface area contributed by atoms with E-state index in [0.29, 0.717) is 12.2 Å². The minimum atomic E-state index is -0.261. The molecule has 2 aromatic rings. The normalized spacial score (nSPS) is 11.6. The molecule has 1 heterocycles. The van der Waals surface area contributed by atoms with E-state index in [1.807, 2.05) is 24.3 Å². The summed E-state index contributed by atoms with van der Waals surface area (Å²) in [4.78, 5) is 27.4. The van der Waals surface area contributed by atoms with Crippen LogP contribution in [0, 0.1) is 0 Å². The van der Waals surface area contributed by atoms with Crippen LogP contribution in [0.3, 0.4) is 0 Å². The molecule has 5 nitrogen and oxygen atoms in total. The van der Waals surface area contributed by atoms with E-state index >= 15 is 0 Å². The molecular formula is C21H26BrN3O2. The van der Waals surface area contributed by atoms with E-state index in [1.54, 1.807) is 24.4 Å². The lowest BCUT2D eigenvalue weighted by Crippen LogP contribution is -2.33. The van der Waals surface area contributed by atoms with Crippen LogP contribution in [0.15, 0.2) is 57.9 Å². The molecule has 1 N–H and O–H groups in total. The molecule has 144 valence electrons. The zero-order valence-electron chi connectivity index (χ0n) is 15.8. The molecule has 0 saturated carbocycles. The summed E-state index contributed by atoms with van der Waals surface area (Å²) in [6, 6.07) is 12.5. The van der Waals surface area contributed by atoms with Crippen LogP contribution in [0.1, 0.15) is 25.8 Å². The molecule has 0 aliphatic rings. The van der Waals surface area contributed by atoms with Gasteiger partial charge in [-0.3, -0.25) is 14.2 Å². The van der Waals surface area contributed by atoms with Crippen molar-refractivity contribution >= 4 is 33.6 Å². The average Bonchev–Trinajstić information content (AvgIpc) is 2.67. The number of nitrogens with zero attached hydrogens (tertiary/aromatic N) is 2. The Morgan fingerprint density at radius 3 is 2.63 bits per heavy atom. The number of halogens is 1. The fraction of sp³-hybridized carbons (Fsp3) is 0.333. The molecule has 1 amide bonds. The van der Waals surface area contributed by atoms with Crippen LogP contribution in [0.4, 0.5) is 0 Å². The molecule has 0 unspecified atom stereocenters. The number of carbonyl (C=O) groups excluding carboxylic acids is 1. The number of rotatable bonds is 9. The summed E-state index contributed by atoms with van der Waals surface area (Å²) >= 11 is 3.44. The first-order valence-electron chi connectivity index (χ1n) is 9.21. The van der Waals surface area contributed by atoms with Gasteiger partial charge in [-0.05, 0) is 55.9 Å². The minimum absolute atomic E-state index is 0.239. The number of hydrogen-bond donors (Lipinski definition) is 1. The van der Waals surface area contributed by atoms with Crippen LogP contribution in [-0.4, -0.2) is 41.6 Å². The summed E-state index contributed by atoms with van der Waals surface area (Å²) < 4.78 is 2.29. The van der Waals surface area contributed by atoms with Gasteiger partial charge in [-0.1, -0.05) is 48.0 Å². The maximum atomic E-state index is 12.8. The van der Waals surface area contributed by atoms with Gasteiger partial charge in [-0.2, -0.15) is 0 Å². The molecule has 2 rings (SSSR count). The SMILES string of the molecule is CCN(CC)CCCNC(=O)/C(=C\c1cccc(Br)c1)n1ccccc1=O. The van der Waals surface area contributed by atoms with Crippen molar-refractivity contribution in [2.24, 2.45) is 0 Å². The molecule has 0 bridgehead atoms. The van der Waals surface area contributed by atoms with Gasteiger partial charge in [0.15, 0.2) is 0 Å². The van der Waals surface area contributed by atoms with Crippen molar-refractivity contribution in [2.75, 3.05) is 26.2 Å². The first-order valence-corrected chi connectivity index (χ1v) is 10.00. The number of hydrogen-bond acceptors (Lipinski definition) is 3. The molecule has 27 heavy (non-hydrogen) atoms. The van der Waals surface area contributed by atoms with E-state index in [1.165, 1.54) is 10.6 Å². The Labute approximate surface area is 168 Å². The van der Waals surface area contributed by atoms with Gasteiger partial charge in [-0.25, -0.2) is 0 Å². The highest BCUT2D eigenvalue weighted by atomic mass is 79.9. The monoisotopic (exact) mass is 431 g/mol. The van der Waals surface area contributed by atoms with Crippen LogP contribution in [0.5, 0.6) is 0 Å². The van der Waals surface area contributed by atoms with Gasteiger partial charge in [0.25, 0.3) is 11.5 Å². The summed E-state index contributed by atoms with van der Waals surface area (Å²) in [5.74, 6) is -0.261. The second kappa shape index (κ2) is 10.8. The molecule has 0 aliphatic heterocycles. The molecule has 0 fully saturated rings. The topological polar surface area (TPSA) is 54.3 Å². The van der Waals surface area contributed by atoms with E-state index in [2.05, 4.69) is 40.0 Å². The van der Waals surface area contributed by atoms with Crippen molar-refractivity contribution in [1.82, 2.24) is 14.8 Å². The first-order chi connectivity index (χ1) is 13.0. The van der Waals surface area contributed by atoms with Crippen molar-refractivity contribution in [3.63, 3.8) is 0 Å². The summed E-state index contributed by atoms with van der Waals surface area (Å²) in [5.41, 5.74) is 0.909. The third-order valence-corrected chi connectivity index (χ3v) is 4.79. The second-order valence-corrected chi connectivity index (χ2v) is 7.05. The predicted octanol–water partition coefficient (Wildman–Crippen LogP) is 3.46. The molecule has 0 saturated heterocycles. The quantitative estimate of drug-likeness (QED) is 0.488. The van der Waals surface area contributed by atoms with Gasteiger partial charge in [0, 0.05) is 23.3 Å². The third-order valence-electron chi connectivity index (χ3n) is 4.30. The number of carbonyl (C=O) groups is 1. The van der Waals surface area contributed by atoms with Crippen molar-refractivity contribution < 1.29 is 4.79 Å². The van der Waals surface area contributed by atoms with Crippen molar-refractivity contribution in [3.05, 3.63) is 69.1 Å². The largest absolute Gasteiger partial charge is 0.351 e. The molecular weight excluding hydrogens is 406 g/mol. The highest BCUT2D eigenvalue weighted by Crippen LogP contribution is 2.16. The first kappa shape index (κ1) is 21.1. The molecule has 1 aromatic heterocycles. The Balaban J connectivity index is 2.19. The van der Waals surface area contributed by atoms with Gasteiger partial charge in [-0.15, -0.1) is 0 Å². The van der Waals surface area contributed by atoms with Crippen molar-refractivity contribution in [1.29, 1.82) is 0 Å². The van der Waals surface area contributed by atoms with Gasteiger partial charge >= 0.3 is 0 Å². The Morgan fingerprint density at radius 2 is 1.96 bits per heavy atom. The lowest BCUT2D eigenvalue weighted by atomic mass is 10.2. The van der Waals surface area contributed by atoms with Gasteiger partial charge in [0.2, 0.25) is 0 Å². The zero-order valence-corrected chi connectivity index (χ0v) is 17.4. The van der Waals surface area contributed by atoms with E-state index in [4.69, 9.17) is 0 Å². The Kier molecular flexibility index (Phi) is 8.48. The van der Waals surface area contributed by atoms with Gasteiger partial charge in [0.05, 0.1) is 0 Å². The Hall–Kier alpha value is -2.18. The Morgan fingerprint density at radius 1 is 1.19 bits per heavy atom. The Bertz CT molecular complexity index is 841. The van der Waals surface area contributed by atoms with Gasteiger partial charge < -0.3 is 10.2 Å². The van der Waals surface area contributed by atoms with E-state index < -0.39 is 0 Å². The summed E-state index contributed by atoms with van der Waals surface area (Å²) in [6.45, 7) is 7.75. The molecule has 0 atom stereocenters. The molecule has 0 radical (unpaired) electrons. The van der Waals surface area contributed by atoms with Crippen molar-refractivity contribution in [2.45, 2.75) is 20.3 Å². The molecule has 1 aromatic carbocycles. The fourth-order valence-electron chi connectivity index (χ4n) is 2.76. The lowest BCUT2D eigenvalue weighted by molar-refractivity contribution is -0.115. The number of aromatic nitrogens is 1. The summed E-state index contributed by atoms with van der Waals surface area (Å²) in [6.07, 6.45) is 4.20. The van der Waals surface area contributed by atoms with Crippen LogP contribution < -0.4 is 10.9 Å². The number of nitrogens with one attached hydrogen (secondary N) is 1.